The molecule has 0 aliphatic carbocycles. The van der Waals surface area contributed by atoms with Crippen LogP contribution in [0.2, 0.25) is 6.04 Å². The number of hydrogen-bond acceptors (Lipinski definition) is 3. The van der Waals surface area contributed by atoms with Gasteiger partial charge in [-0.25, -0.2) is 0 Å². The van der Waals surface area contributed by atoms with E-state index in [4.69, 9.17) is 13.3 Å². The highest BCUT2D eigenvalue weighted by Crippen LogP contribution is 2.15. The lowest BCUT2D eigenvalue weighted by Gasteiger charge is -2.23. The summed E-state index contributed by atoms with van der Waals surface area (Å²) in [5.41, 5.74) is 1.17. The van der Waals surface area contributed by atoms with E-state index in [1.165, 1.54) is 5.69 Å². The van der Waals surface area contributed by atoms with Gasteiger partial charge in [-0.2, -0.15) is 0 Å². The Balaban J connectivity index is 2.48. The molecular formula is C9H17NO3Si. The molecule has 0 saturated carbocycles. The zero-order chi connectivity index (χ0) is 10.4. The topological polar surface area (TPSA) is 43.5 Å². The van der Waals surface area contributed by atoms with Crippen molar-refractivity contribution < 1.29 is 13.3 Å². The zero-order valence-electron chi connectivity index (χ0n) is 8.87. The molecule has 1 heterocycles. The molecule has 0 amide bonds. The molecule has 14 heavy (non-hydrogen) atoms. The van der Waals surface area contributed by atoms with E-state index in [1.807, 2.05) is 18.3 Å². The first-order valence-electron chi connectivity index (χ1n) is 4.54. The second kappa shape index (κ2) is 5.31. The molecule has 1 aromatic rings. The van der Waals surface area contributed by atoms with Gasteiger partial charge in [0.15, 0.2) is 0 Å². The molecule has 1 N–H and O–H groups in total. The Hall–Kier alpha value is -0.623. The van der Waals surface area contributed by atoms with Crippen molar-refractivity contribution >= 4 is 8.80 Å². The smallest absolute Gasteiger partial charge is 0.377 e. The van der Waals surface area contributed by atoms with Gasteiger partial charge in [0.05, 0.1) is 0 Å². The summed E-state index contributed by atoms with van der Waals surface area (Å²) in [4.78, 5) is 3.14. The van der Waals surface area contributed by atoms with Gasteiger partial charge < -0.3 is 18.3 Å². The maximum Gasteiger partial charge on any atom is 0.500 e. The average Bonchev–Trinajstić information content (AvgIpc) is 2.74. The highest BCUT2D eigenvalue weighted by Gasteiger charge is 2.37. The summed E-state index contributed by atoms with van der Waals surface area (Å²) in [6.45, 7) is 0. The largest absolute Gasteiger partial charge is 0.500 e. The Labute approximate surface area is 85.6 Å². The normalized spacial score (nSPS) is 11.9. The van der Waals surface area contributed by atoms with E-state index in [0.717, 1.165) is 12.5 Å². The Morgan fingerprint density at radius 1 is 1.21 bits per heavy atom. The van der Waals surface area contributed by atoms with Crippen LogP contribution in [0.3, 0.4) is 0 Å². The summed E-state index contributed by atoms with van der Waals surface area (Å²) >= 11 is 0. The molecule has 0 atom stereocenters. The molecule has 0 fully saturated rings. The third-order valence-corrected chi connectivity index (χ3v) is 5.02. The second-order valence-electron chi connectivity index (χ2n) is 2.99. The number of nitrogens with one attached hydrogen (secondary N) is 1. The maximum atomic E-state index is 5.32. The van der Waals surface area contributed by atoms with E-state index in [1.54, 1.807) is 21.3 Å². The highest BCUT2D eigenvalue weighted by atomic mass is 28.4. The van der Waals surface area contributed by atoms with Gasteiger partial charge >= 0.3 is 8.80 Å². The van der Waals surface area contributed by atoms with E-state index in [0.29, 0.717) is 0 Å². The van der Waals surface area contributed by atoms with Gasteiger partial charge in [0.1, 0.15) is 0 Å². The predicted molar refractivity (Wildman–Crippen MR) is 56.1 cm³/mol. The summed E-state index contributed by atoms with van der Waals surface area (Å²) in [6.07, 6.45) is 2.79. The molecular weight excluding hydrogens is 198 g/mol. The third-order valence-electron chi connectivity index (χ3n) is 2.30. The van der Waals surface area contributed by atoms with Crippen molar-refractivity contribution in [3.63, 3.8) is 0 Å². The van der Waals surface area contributed by atoms with E-state index in [9.17, 15) is 0 Å². The number of aryl methyl sites for hydroxylation is 1. The Kier molecular flexibility index (Phi) is 4.34. The van der Waals surface area contributed by atoms with E-state index in [-0.39, 0.29) is 0 Å². The molecule has 0 radical (unpaired) electrons. The van der Waals surface area contributed by atoms with E-state index in [2.05, 4.69) is 4.98 Å². The van der Waals surface area contributed by atoms with Crippen molar-refractivity contribution in [1.82, 2.24) is 4.98 Å². The molecule has 4 nitrogen and oxygen atoms in total. The van der Waals surface area contributed by atoms with E-state index >= 15 is 0 Å². The van der Waals surface area contributed by atoms with Crippen LogP contribution in [0.15, 0.2) is 18.3 Å². The van der Waals surface area contributed by atoms with Crippen LogP contribution in [0, 0.1) is 0 Å². The maximum absolute atomic E-state index is 5.32. The van der Waals surface area contributed by atoms with Crippen LogP contribution in [0.4, 0.5) is 0 Å². The lowest BCUT2D eigenvalue weighted by Crippen LogP contribution is -2.43. The van der Waals surface area contributed by atoms with Crippen LogP contribution >= 0.6 is 0 Å². The minimum Gasteiger partial charge on any atom is -0.377 e. The minimum absolute atomic E-state index is 0.789. The van der Waals surface area contributed by atoms with Crippen molar-refractivity contribution in [2.75, 3.05) is 21.3 Å². The molecule has 0 unspecified atom stereocenters. The highest BCUT2D eigenvalue weighted by molar-refractivity contribution is 6.60. The molecule has 0 aromatic carbocycles. The number of H-pyrrole nitrogens is 1. The number of aromatic nitrogens is 1. The van der Waals surface area contributed by atoms with Gasteiger partial charge in [-0.15, -0.1) is 0 Å². The van der Waals surface area contributed by atoms with Crippen LogP contribution in [-0.2, 0) is 19.7 Å². The first-order valence-corrected chi connectivity index (χ1v) is 6.47. The van der Waals surface area contributed by atoms with Crippen LogP contribution in [0.5, 0.6) is 0 Å². The first kappa shape index (κ1) is 11.5. The summed E-state index contributed by atoms with van der Waals surface area (Å²) in [6, 6.07) is 4.81. The van der Waals surface area contributed by atoms with Crippen LogP contribution < -0.4 is 0 Å². The van der Waals surface area contributed by atoms with Gasteiger partial charge in [0.25, 0.3) is 0 Å². The quantitative estimate of drug-likeness (QED) is 0.730. The number of aromatic amines is 1. The molecule has 0 aliphatic rings. The van der Waals surface area contributed by atoms with Crippen molar-refractivity contribution in [1.29, 1.82) is 0 Å². The number of rotatable bonds is 6. The van der Waals surface area contributed by atoms with Crippen molar-refractivity contribution in [3.05, 3.63) is 24.0 Å². The fraction of sp³-hybridized carbons (Fsp3) is 0.556. The van der Waals surface area contributed by atoms with Crippen molar-refractivity contribution in [2.45, 2.75) is 12.5 Å². The summed E-state index contributed by atoms with van der Waals surface area (Å²) < 4.78 is 15.9. The standard InChI is InChI=1S/C9H17NO3Si/c1-11-14(12-2,13-3)8-6-9-5-4-7-10-9/h4-5,7,10H,6,8H2,1-3H3. The van der Waals surface area contributed by atoms with Crippen molar-refractivity contribution in [3.8, 4) is 0 Å². The summed E-state index contributed by atoms with van der Waals surface area (Å²) in [5.74, 6) is 0. The third kappa shape index (κ3) is 2.68. The summed E-state index contributed by atoms with van der Waals surface area (Å²) in [7, 11) is 2.51. The molecule has 1 aromatic heterocycles. The number of hydrogen-bond donors (Lipinski definition) is 1. The van der Waals surface area contributed by atoms with Gasteiger partial charge in [-0.3, -0.25) is 0 Å². The first-order chi connectivity index (χ1) is 6.76. The molecule has 5 heteroatoms. The molecule has 0 spiro atoms. The van der Waals surface area contributed by atoms with Gasteiger partial charge in [-0.05, 0) is 18.6 Å². The van der Waals surface area contributed by atoms with Crippen LogP contribution in [0.25, 0.3) is 0 Å². The van der Waals surface area contributed by atoms with Gasteiger partial charge in [-0.1, -0.05) is 0 Å². The minimum atomic E-state index is -2.39. The fourth-order valence-corrected chi connectivity index (χ4v) is 3.05. The lowest BCUT2D eigenvalue weighted by molar-refractivity contribution is 0.123. The average molecular weight is 215 g/mol. The van der Waals surface area contributed by atoms with Crippen LogP contribution in [-0.4, -0.2) is 35.1 Å². The lowest BCUT2D eigenvalue weighted by atomic mass is 10.3. The molecule has 0 saturated heterocycles. The molecule has 1 rings (SSSR count). The van der Waals surface area contributed by atoms with Gasteiger partial charge in [0, 0.05) is 39.3 Å². The molecule has 0 aliphatic heterocycles. The fourth-order valence-electron chi connectivity index (χ4n) is 1.37. The Morgan fingerprint density at radius 2 is 1.86 bits per heavy atom. The van der Waals surface area contributed by atoms with Crippen LogP contribution in [0.1, 0.15) is 5.69 Å². The van der Waals surface area contributed by atoms with E-state index < -0.39 is 8.80 Å². The second-order valence-corrected chi connectivity index (χ2v) is 6.08. The zero-order valence-corrected chi connectivity index (χ0v) is 9.87. The molecule has 0 bridgehead atoms. The van der Waals surface area contributed by atoms with Crippen molar-refractivity contribution in [2.24, 2.45) is 0 Å². The SMILES string of the molecule is CO[Si](CCc1ccc[nH]1)(OC)OC. The monoisotopic (exact) mass is 215 g/mol. The predicted octanol–water partition coefficient (Wildman–Crippen LogP) is 1.44. The Morgan fingerprint density at radius 3 is 2.29 bits per heavy atom. The molecule has 80 valence electrons. The summed E-state index contributed by atoms with van der Waals surface area (Å²) in [5, 5.41) is 0. The Bertz CT molecular complexity index is 238. The van der Waals surface area contributed by atoms with Gasteiger partial charge in [0.2, 0.25) is 0 Å².